The first-order valence-corrected chi connectivity index (χ1v) is 7.15. The van der Waals surface area contributed by atoms with Gasteiger partial charge in [-0.25, -0.2) is 0 Å². The first-order valence-electron chi connectivity index (χ1n) is 6.35. The van der Waals surface area contributed by atoms with E-state index in [1.165, 1.54) is 0 Å². The number of carbonyl (C=O) groups is 1. The minimum Gasteiger partial charge on any atom is -0.378 e. The number of nitrogens with zero attached hydrogens (tertiary/aromatic N) is 1. The lowest BCUT2D eigenvalue weighted by Gasteiger charge is -2.30. The fraction of sp³-hybridized carbons (Fsp3) is 0.500. The lowest BCUT2D eigenvalue weighted by atomic mass is 9.94. The number of morpholine rings is 1. The van der Waals surface area contributed by atoms with Crippen LogP contribution in [0.5, 0.6) is 0 Å². The molecule has 0 unspecified atom stereocenters. The van der Waals surface area contributed by atoms with E-state index in [0.717, 1.165) is 36.0 Å². The predicted molar refractivity (Wildman–Crippen MR) is 72.5 cm³/mol. The van der Waals surface area contributed by atoms with Crippen LogP contribution in [0.2, 0.25) is 0 Å². The van der Waals surface area contributed by atoms with Crippen LogP contribution in [0.25, 0.3) is 0 Å². The summed E-state index contributed by atoms with van der Waals surface area (Å²) >= 11 is 3.48. The molecule has 2 aliphatic rings. The van der Waals surface area contributed by atoms with Crippen LogP contribution in [0.1, 0.15) is 18.4 Å². The average Bonchev–Trinajstić information content (AvgIpc) is 3.20. The maximum absolute atomic E-state index is 12.6. The molecule has 1 aromatic rings. The lowest BCUT2D eigenvalue weighted by Crippen LogP contribution is -2.45. The minimum atomic E-state index is -0.249. The second kappa shape index (κ2) is 4.67. The van der Waals surface area contributed by atoms with Gasteiger partial charge in [-0.3, -0.25) is 4.79 Å². The number of ether oxygens (including phenoxy) is 1. The smallest absolute Gasteiger partial charge is 0.233 e. The van der Waals surface area contributed by atoms with E-state index in [1.807, 2.05) is 17.0 Å². The first kappa shape index (κ1) is 12.2. The Labute approximate surface area is 115 Å². The highest BCUT2D eigenvalue weighted by Crippen LogP contribution is 2.50. The van der Waals surface area contributed by atoms with Crippen molar-refractivity contribution in [3.63, 3.8) is 0 Å². The fourth-order valence-electron chi connectivity index (χ4n) is 2.61. The van der Waals surface area contributed by atoms with E-state index >= 15 is 0 Å². The highest BCUT2D eigenvalue weighted by molar-refractivity contribution is 9.10. The Kier molecular flexibility index (Phi) is 3.16. The van der Waals surface area contributed by atoms with Gasteiger partial charge >= 0.3 is 0 Å². The Morgan fingerprint density at radius 1 is 1.28 bits per heavy atom. The van der Waals surface area contributed by atoms with Crippen molar-refractivity contribution in [2.75, 3.05) is 26.3 Å². The van der Waals surface area contributed by atoms with Gasteiger partial charge in [0.05, 0.1) is 18.6 Å². The van der Waals surface area contributed by atoms with E-state index in [1.54, 1.807) is 0 Å². The van der Waals surface area contributed by atoms with Crippen molar-refractivity contribution in [1.29, 1.82) is 0 Å². The third kappa shape index (κ3) is 2.08. The van der Waals surface area contributed by atoms with E-state index < -0.39 is 0 Å². The van der Waals surface area contributed by atoms with Crippen molar-refractivity contribution in [2.24, 2.45) is 0 Å². The Morgan fingerprint density at radius 3 is 2.61 bits per heavy atom. The van der Waals surface area contributed by atoms with E-state index in [-0.39, 0.29) is 11.3 Å². The van der Waals surface area contributed by atoms with Gasteiger partial charge in [0.1, 0.15) is 0 Å². The molecule has 0 radical (unpaired) electrons. The summed E-state index contributed by atoms with van der Waals surface area (Å²) in [4.78, 5) is 14.6. The first-order chi connectivity index (χ1) is 8.72. The molecule has 1 heterocycles. The number of carbonyl (C=O) groups excluding carboxylic acids is 1. The maximum atomic E-state index is 12.6. The van der Waals surface area contributed by atoms with Crippen molar-refractivity contribution >= 4 is 21.8 Å². The number of hydrogen-bond donors (Lipinski definition) is 0. The second-order valence-electron chi connectivity index (χ2n) is 5.00. The van der Waals surface area contributed by atoms with Gasteiger partial charge in [-0.15, -0.1) is 0 Å². The van der Waals surface area contributed by atoms with Crippen LogP contribution in [-0.2, 0) is 14.9 Å². The molecule has 1 aliphatic heterocycles. The van der Waals surface area contributed by atoms with E-state index in [4.69, 9.17) is 4.74 Å². The molecule has 1 aromatic carbocycles. The number of halogens is 1. The minimum absolute atomic E-state index is 0.249. The summed E-state index contributed by atoms with van der Waals surface area (Å²) in [7, 11) is 0. The summed E-state index contributed by atoms with van der Waals surface area (Å²) in [6.45, 7) is 2.80. The molecule has 2 fully saturated rings. The van der Waals surface area contributed by atoms with Crippen LogP contribution >= 0.6 is 15.9 Å². The van der Waals surface area contributed by atoms with Crippen LogP contribution in [-0.4, -0.2) is 37.1 Å². The lowest BCUT2D eigenvalue weighted by molar-refractivity contribution is -0.138. The van der Waals surface area contributed by atoms with Gasteiger partial charge < -0.3 is 9.64 Å². The Bertz CT molecular complexity index is 465. The zero-order chi connectivity index (χ0) is 12.6. The number of amides is 1. The largest absolute Gasteiger partial charge is 0.378 e. The van der Waals surface area contributed by atoms with Crippen LogP contribution in [0.3, 0.4) is 0 Å². The number of hydrogen-bond acceptors (Lipinski definition) is 2. The van der Waals surface area contributed by atoms with Crippen LogP contribution in [0.15, 0.2) is 28.7 Å². The van der Waals surface area contributed by atoms with Gasteiger partial charge in [0.15, 0.2) is 0 Å². The molecule has 3 nitrogen and oxygen atoms in total. The van der Waals surface area contributed by atoms with Crippen molar-refractivity contribution in [1.82, 2.24) is 4.90 Å². The molecule has 0 N–H and O–H groups in total. The predicted octanol–water partition coefficient (Wildman–Crippen LogP) is 2.34. The molecule has 0 aromatic heterocycles. The van der Waals surface area contributed by atoms with Crippen LogP contribution < -0.4 is 0 Å². The van der Waals surface area contributed by atoms with Crippen molar-refractivity contribution in [3.05, 3.63) is 34.3 Å². The normalized spacial score (nSPS) is 21.7. The molecule has 0 spiro atoms. The fourth-order valence-corrected chi connectivity index (χ4v) is 3.01. The second-order valence-corrected chi connectivity index (χ2v) is 5.91. The highest BCUT2D eigenvalue weighted by Gasteiger charge is 2.53. The summed E-state index contributed by atoms with van der Waals surface area (Å²) in [5, 5.41) is 0. The molecule has 3 rings (SSSR count). The molecule has 18 heavy (non-hydrogen) atoms. The molecule has 1 saturated heterocycles. The SMILES string of the molecule is O=C(N1CCOCC1)C1(c2cccc(Br)c2)CC1. The molecule has 1 saturated carbocycles. The van der Waals surface area contributed by atoms with Crippen molar-refractivity contribution < 1.29 is 9.53 Å². The zero-order valence-electron chi connectivity index (χ0n) is 10.2. The van der Waals surface area contributed by atoms with E-state index in [2.05, 4.69) is 28.1 Å². The van der Waals surface area contributed by atoms with Gasteiger partial charge in [-0.1, -0.05) is 28.1 Å². The topological polar surface area (TPSA) is 29.5 Å². The van der Waals surface area contributed by atoms with Gasteiger partial charge in [0, 0.05) is 17.6 Å². The average molecular weight is 310 g/mol. The van der Waals surface area contributed by atoms with Crippen LogP contribution in [0.4, 0.5) is 0 Å². The molecule has 96 valence electrons. The third-order valence-corrected chi connectivity index (χ3v) is 4.33. The summed E-state index contributed by atoms with van der Waals surface area (Å²) in [5.41, 5.74) is 0.898. The van der Waals surface area contributed by atoms with Crippen molar-refractivity contribution in [2.45, 2.75) is 18.3 Å². The molecular formula is C14H16BrNO2. The van der Waals surface area contributed by atoms with Crippen molar-refractivity contribution in [3.8, 4) is 0 Å². The summed E-state index contributed by atoms with van der Waals surface area (Å²) in [6, 6.07) is 8.15. The molecule has 4 heteroatoms. The Balaban J connectivity index is 1.84. The van der Waals surface area contributed by atoms with Gasteiger partial charge in [0.2, 0.25) is 5.91 Å². The van der Waals surface area contributed by atoms with Gasteiger partial charge in [-0.05, 0) is 30.5 Å². The van der Waals surface area contributed by atoms with E-state index in [9.17, 15) is 4.79 Å². The molecule has 0 atom stereocenters. The molecule has 1 aliphatic carbocycles. The Morgan fingerprint density at radius 2 is 2.00 bits per heavy atom. The van der Waals surface area contributed by atoms with E-state index in [0.29, 0.717) is 13.2 Å². The standard InChI is InChI=1S/C14H16BrNO2/c15-12-3-1-2-11(10-12)14(4-5-14)13(17)16-6-8-18-9-7-16/h1-3,10H,4-9H2. The van der Waals surface area contributed by atoms with Crippen LogP contribution in [0, 0.1) is 0 Å². The molecule has 0 bridgehead atoms. The number of rotatable bonds is 2. The Hall–Kier alpha value is -0.870. The summed E-state index contributed by atoms with van der Waals surface area (Å²) in [6.07, 6.45) is 1.94. The zero-order valence-corrected chi connectivity index (χ0v) is 11.8. The molecular weight excluding hydrogens is 294 g/mol. The quantitative estimate of drug-likeness (QED) is 0.839. The molecule has 1 amide bonds. The summed E-state index contributed by atoms with van der Waals surface area (Å²) < 4.78 is 6.35. The summed E-state index contributed by atoms with van der Waals surface area (Å²) in [5.74, 6) is 0.281. The van der Waals surface area contributed by atoms with Gasteiger partial charge in [-0.2, -0.15) is 0 Å². The highest BCUT2D eigenvalue weighted by atomic mass is 79.9. The van der Waals surface area contributed by atoms with Gasteiger partial charge in [0.25, 0.3) is 0 Å². The monoisotopic (exact) mass is 309 g/mol. The maximum Gasteiger partial charge on any atom is 0.233 e. The number of benzene rings is 1. The third-order valence-electron chi connectivity index (χ3n) is 3.83.